The Labute approximate surface area is 176 Å². The number of amides is 3. The summed E-state index contributed by atoms with van der Waals surface area (Å²) in [4.78, 5) is 39.1. The van der Waals surface area contributed by atoms with Gasteiger partial charge in [0.25, 0.3) is 11.8 Å². The van der Waals surface area contributed by atoms with Crippen molar-refractivity contribution >= 4 is 23.4 Å². The van der Waals surface area contributed by atoms with E-state index in [1.807, 2.05) is 48.2 Å². The third-order valence-electron chi connectivity index (χ3n) is 5.45. The molecule has 7 heteroatoms. The molecule has 0 aliphatic carbocycles. The number of nitrogens with one attached hydrogen (secondary N) is 3. The van der Waals surface area contributed by atoms with Gasteiger partial charge in [-0.1, -0.05) is 35.9 Å². The Morgan fingerprint density at radius 1 is 0.967 bits per heavy atom. The number of benzene rings is 2. The highest BCUT2D eigenvalue weighted by molar-refractivity contribution is 5.96. The zero-order valence-electron chi connectivity index (χ0n) is 17.4. The monoisotopic (exact) mass is 408 g/mol. The van der Waals surface area contributed by atoms with E-state index < -0.39 is 6.04 Å². The van der Waals surface area contributed by atoms with E-state index in [0.717, 1.165) is 11.3 Å². The van der Waals surface area contributed by atoms with Gasteiger partial charge in [0.05, 0.1) is 6.04 Å². The molecule has 158 valence electrons. The quantitative estimate of drug-likeness (QED) is 0.663. The molecular weight excluding hydrogens is 380 g/mol. The highest BCUT2D eigenvalue weighted by atomic mass is 16.2. The first-order chi connectivity index (χ1) is 14.4. The van der Waals surface area contributed by atoms with Gasteiger partial charge in [-0.05, 0) is 64.0 Å². The van der Waals surface area contributed by atoms with Gasteiger partial charge in [0, 0.05) is 17.2 Å². The second kappa shape index (κ2) is 10.0. The molecular formula is C23H28N4O3. The summed E-state index contributed by atoms with van der Waals surface area (Å²) in [5, 5.41) is 2.95. The van der Waals surface area contributed by atoms with E-state index in [1.54, 1.807) is 25.1 Å². The maximum atomic E-state index is 12.5. The molecule has 1 heterocycles. The molecule has 3 rings (SSSR count). The van der Waals surface area contributed by atoms with E-state index in [0.29, 0.717) is 31.5 Å². The van der Waals surface area contributed by atoms with Crippen LogP contribution < -0.4 is 16.2 Å². The van der Waals surface area contributed by atoms with Gasteiger partial charge in [-0.25, -0.2) is 0 Å². The highest BCUT2D eigenvalue weighted by Crippen LogP contribution is 2.21. The second-order valence-electron chi connectivity index (χ2n) is 7.65. The second-order valence-corrected chi connectivity index (χ2v) is 7.65. The van der Waals surface area contributed by atoms with Crippen LogP contribution in [0.1, 0.15) is 35.7 Å². The largest absolute Gasteiger partial charge is 0.326 e. The molecule has 30 heavy (non-hydrogen) atoms. The van der Waals surface area contributed by atoms with Crippen LogP contribution in [0.4, 0.5) is 5.69 Å². The average molecular weight is 409 g/mol. The van der Waals surface area contributed by atoms with Crippen LogP contribution in [0.5, 0.6) is 0 Å². The normalized spacial score (nSPS) is 15.8. The molecule has 7 nitrogen and oxygen atoms in total. The Kier molecular flexibility index (Phi) is 7.19. The number of hydrogen-bond acceptors (Lipinski definition) is 4. The number of hydrogen-bond donors (Lipinski definition) is 3. The topological polar surface area (TPSA) is 90.5 Å². The molecule has 0 saturated carbocycles. The van der Waals surface area contributed by atoms with Crippen molar-refractivity contribution in [3.8, 4) is 0 Å². The Balaban J connectivity index is 1.44. The number of anilines is 1. The molecule has 1 aliphatic rings. The lowest BCUT2D eigenvalue weighted by atomic mass is 9.95. The summed E-state index contributed by atoms with van der Waals surface area (Å²) in [7, 11) is 0. The molecule has 1 fully saturated rings. The Morgan fingerprint density at radius 3 is 2.33 bits per heavy atom. The van der Waals surface area contributed by atoms with Crippen LogP contribution in [0.25, 0.3) is 0 Å². The van der Waals surface area contributed by atoms with Gasteiger partial charge in [-0.2, -0.15) is 0 Å². The standard InChI is InChI=1S/C23H28N4O3/c1-16-7-6-8-19(15-16)23(30)26-25-21(28)17(2)27-13-11-18(12-14-27)22(29)24-20-9-4-3-5-10-20/h3-10,15,17-18H,11-14H2,1-2H3,(H,24,29)(H,25,28)(H,26,30). The number of nitrogens with zero attached hydrogens (tertiary/aromatic N) is 1. The van der Waals surface area contributed by atoms with Crippen molar-refractivity contribution in [2.45, 2.75) is 32.7 Å². The fourth-order valence-corrected chi connectivity index (χ4v) is 3.56. The van der Waals surface area contributed by atoms with Crippen LogP contribution in [0.15, 0.2) is 54.6 Å². The zero-order chi connectivity index (χ0) is 21.5. The van der Waals surface area contributed by atoms with Gasteiger partial charge in [-0.15, -0.1) is 0 Å². The molecule has 1 saturated heterocycles. The third kappa shape index (κ3) is 5.67. The number of carbonyl (C=O) groups excluding carboxylic acids is 3. The summed E-state index contributed by atoms with van der Waals surface area (Å²) >= 11 is 0. The fraction of sp³-hybridized carbons (Fsp3) is 0.348. The van der Waals surface area contributed by atoms with E-state index in [9.17, 15) is 14.4 Å². The Morgan fingerprint density at radius 2 is 1.67 bits per heavy atom. The summed E-state index contributed by atoms with van der Waals surface area (Å²) in [6, 6.07) is 16.2. The lowest BCUT2D eigenvalue weighted by Crippen LogP contribution is -2.53. The molecule has 3 amide bonds. The Bertz CT molecular complexity index is 892. The number of hydrazine groups is 1. The predicted octanol–water partition coefficient (Wildman–Crippen LogP) is 2.50. The summed E-state index contributed by atoms with van der Waals surface area (Å²) < 4.78 is 0. The maximum Gasteiger partial charge on any atom is 0.269 e. The van der Waals surface area contributed by atoms with E-state index in [2.05, 4.69) is 16.2 Å². The molecule has 0 aromatic heterocycles. The lowest BCUT2D eigenvalue weighted by Gasteiger charge is -2.34. The molecule has 1 unspecified atom stereocenters. The van der Waals surface area contributed by atoms with E-state index in [-0.39, 0.29) is 23.6 Å². The van der Waals surface area contributed by atoms with Crippen molar-refractivity contribution < 1.29 is 14.4 Å². The Hall–Kier alpha value is -3.19. The summed E-state index contributed by atoms with van der Waals surface area (Å²) in [5.74, 6) is -0.681. The van der Waals surface area contributed by atoms with Gasteiger partial charge in [0.2, 0.25) is 5.91 Å². The van der Waals surface area contributed by atoms with E-state index in [1.165, 1.54) is 0 Å². The summed E-state index contributed by atoms with van der Waals surface area (Å²) in [6.45, 7) is 5.00. The minimum absolute atomic E-state index is 0.0170. The predicted molar refractivity (Wildman–Crippen MR) is 116 cm³/mol. The van der Waals surface area contributed by atoms with E-state index >= 15 is 0 Å². The highest BCUT2D eigenvalue weighted by Gasteiger charge is 2.30. The first-order valence-electron chi connectivity index (χ1n) is 10.2. The number of carbonyl (C=O) groups is 3. The number of aryl methyl sites for hydroxylation is 1. The van der Waals surface area contributed by atoms with Gasteiger partial charge in [0.15, 0.2) is 0 Å². The van der Waals surface area contributed by atoms with Crippen LogP contribution >= 0.6 is 0 Å². The SMILES string of the molecule is Cc1cccc(C(=O)NNC(=O)C(C)N2CCC(C(=O)Nc3ccccc3)CC2)c1. The number of para-hydroxylation sites is 1. The average Bonchev–Trinajstić information content (AvgIpc) is 2.77. The zero-order valence-corrected chi connectivity index (χ0v) is 17.4. The van der Waals surface area contributed by atoms with E-state index in [4.69, 9.17) is 0 Å². The first kappa shape index (κ1) is 21.5. The lowest BCUT2D eigenvalue weighted by molar-refractivity contribution is -0.127. The molecule has 0 spiro atoms. The molecule has 0 bridgehead atoms. The van der Waals surface area contributed by atoms with Crippen LogP contribution in [-0.4, -0.2) is 41.8 Å². The number of likely N-dealkylation sites (tertiary alicyclic amines) is 1. The first-order valence-corrected chi connectivity index (χ1v) is 10.2. The van der Waals surface area contributed by atoms with Crippen molar-refractivity contribution in [2.75, 3.05) is 18.4 Å². The molecule has 2 aromatic carbocycles. The fourth-order valence-electron chi connectivity index (χ4n) is 3.56. The summed E-state index contributed by atoms with van der Waals surface area (Å²) in [6.07, 6.45) is 1.37. The van der Waals surface area contributed by atoms with Crippen molar-refractivity contribution in [3.05, 3.63) is 65.7 Å². The van der Waals surface area contributed by atoms with Crippen molar-refractivity contribution in [2.24, 2.45) is 5.92 Å². The minimum atomic E-state index is -0.402. The molecule has 3 N–H and O–H groups in total. The number of rotatable bonds is 5. The maximum absolute atomic E-state index is 12.5. The van der Waals surface area contributed by atoms with Gasteiger partial charge in [0.1, 0.15) is 0 Å². The van der Waals surface area contributed by atoms with Crippen LogP contribution in [0.3, 0.4) is 0 Å². The van der Waals surface area contributed by atoms with Crippen molar-refractivity contribution in [1.29, 1.82) is 0 Å². The van der Waals surface area contributed by atoms with Crippen molar-refractivity contribution in [3.63, 3.8) is 0 Å². The number of piperidine rings is 1. The van der Waals surface area contributed by atoms with Gasteiger partial charge < -0.3 is 5.32 Å². The molecule has 0 radical (unpaired) electrons. The van der Waals surface area contributed by atoms with Crippen LogP contribution in [0, 0.1) is 12.8 Å². The molecule has 2 aromatic rings. The smallest absolute Gasteiger partial charge is 0.269 e. The van der Waals surface area contributed by atoms with Crippen molar-refractivity contribution in [1.82, 2.24) is 15.8 Å². The molecule has 1 atom stereocenters. The molecule has 1 aliphatic heterocycles. The van der Waals surface area contributed by atoms with Crippen LogP contribution in [-0.2, 0) is 9.59 Å². The van der Waals surface area contributed by atoms with Gasteiger partial charge >= 0.3 is 0 Å². The third-order valence-corrected chi connectivity index (χ3v) is 5.45. The minimum Gasteiger partial charge on any atom is -0.326 e. The van der Waals surface area contributed by atoms with Gasteiger partial charge in [-0.3, -0.25) is 30.1 Å². The summed E-state index contributed by atoms with van der Waals surface area (Å²) in [5.41, 5.74) is 7.24. The van der Waals surface area contributed by atoms with Crippen LogP contribution in [0.2, 0.25) is 0 Å².